The van der Waals surface area contributed by atoms with Crippen LogP contribution in [0.15, 0.2) is 23.0 Å². The van der Waals surface area contributed by atoms with Gasteiger partial charge in [-0.25, -0.2) is 13.6 Å². The molecular formula is C14H14F2N2O3. The summed E-state index contributed by atoms with van der Waals surface area (Å²) in [6.45, 7) is 0.528. The number of likely N-dealkylation sites (N-methyl/N-ethyl adjacent to an activating group) is 1. The molecule has 21 heavy (non-hydrogen) atoms. The van der Waals surface area contributed by atoms with Crippen molar-refractivity contribution in [2.24, 2.45) is 0 Å². The molecule has 0 radical (unpaired) electrons. The monoisotopic (exact) mass is 296 g/mol. The molecule has 1 aromatic heterocycles. The Balaban J connectivity index is 2.85. The molecule has 2 rings (SSSR count). The highest BCUT2D eigenvalue weighted by Crippen LogP contribution is 2.20. The number of hydrogen-bond acceptors (Lipinski definition) is 3. The van der Waals surface area contributed by atoms with Crippen molar-refractivity contribution in [2.45, 2.75) is 6.54 Å². The zero-order valence-electron chi connectivity index (χ0n) is 11.6. The van der Waals surface area contributed by atoms with Crippen molar-refractivity contribution in [3.63, 3.8) is 0 Å². The van der Waals surface area contributed by atoms with Crippen molar-refractivity contribution < 1.29 is 18.7 Å². The van der Waals surface area contributed by atoms with Gasteiger partial charge in [-0.1, -0.05) is 0 Å². The highest BCUT2D eigenvalue weighted by molar-refractivity contribution is 5.90. The van der Waals surface area contributed by atoms with Gasteiger partial charge in [0.1, 0.15) is 17.3 Å². The molecule has 0 aliphatic carbocycles. The number of carboxylic acids is 1. The first-order valence-electron chi connectivity index (χ1n) is 6.22. The second-order valence-corrected chi connectivity index (χ2v) is 4.91. The second-order valence-electron chi connectivity index (χ2n) is 4.91. The van der Waals surface area contributed by atoms with Crippen molar-refractivity contribution in [3.8, 4) is 0 Å². The normalized spacial score (nSPS) is 11.3. The number of benzene rings is 1. The molecule has 0 spiro atoms. The van der Waals surface area contributed by atoms with Gasteiger partial charge in [0.2, 0.25) is 0 Å². The van der Waals surface area contributed by atoms with E-state index in [1.807, 2.05) is 0 Å². The molecule has 0 unspecified atom stereocenters. The number of nitrogens with zero attached hydrogens (tertiary/aromatic N) is 2. The average Bonchev–Trinajstić information content (AvgIpc) is 2.40. The fourth-order valence-electron chi connectivity index (χ4n) is 2.14. The van der Waals surface area contributed by atoms with Crippen LogP contribution >= 0.6 is 0 Å². The first-order valence-corrected chi connectivity index (χ1v) is 6.22. The van der Waals surface area contributed by atoms with Crippen molar-refractivity contribution >= 4 is 16.9 Å². The Bertz CT molecular complexity index is 769. The number of carboxylic acid groups (broad SMARTS) is 1. The zero-order valence-corrected chi connectivity index (χ0v) is 11.6. The van der Waals surface area contributed by atoms with Crippen molar-refractivity contribution in [2.75, 3.05) is 20.6 Å². The minimum Gasteiger partial charge on any atom is -0.477 e. The molecule has 0 bridgehead atoms. The van der Waals surface area contributed by atoms with E-state index in [-0.39, 0.29) is 17.8 Å². The molecule has 0 aliphatic rings. The minimum atomic E-state index is -1.36. The van der Waals surface area contributed by atoms with Crippen LogP contribution in [0.4, 0.5) is 8.78 Å². The number of rotatable bonds is 4. The van der Waals surface area contributed by atoms with E-state index in [4.69, 9.17) is 0 Å². The average molecular weight is 296 g/mol. The number of carbonyl (C=O) groups is 1. The van der Waals surface area contributed by atoms with Crippen LogP contribution in [0.3, 0.4) is 0 Å². The number of aromatic carboxylic acids is 1. The van der Waals surface area contributed by atoms with Crippen LogP contribution in [0, 0.1) is 11.6 Å². The molecule has 0 amide bonds. The lowest BCUT2D eigenvalue weighted by Crippen LogP contribution is -2.25. The van der Waals surface area contributed by atoms with Gasteiger partial charge >= 0.3 is 5.97 Å². The van der Waals surface area contributed by atoms with Crippen LogP contribution in [0.1, 0.15) is 10.5 Å². The quantitative estimate of drug-likeness (QED) is 0.929. The summed E-state index contributed by atoms with van der Waals surface area (Å²) in [6, 6.07) is 2.56. The van der Waals surface area contributed by atoms with Gasteiger partial charge in [0, 0.05) is 19.2 Å². The third-order valence-corrected chi connectivity index (χ3v) is 3.14. The predicted molar refractivity (Wildman–Crippen MR) is 73.6 cm³/mol. The molecule has 112 valence electrons. The summed E-state index contributed by atoms with van der Waals surface area (Å²) in [4.78, 5) is 24.9. The van der Waals surface area contributed by atoms with E-state index in [0.717, 1.165) is 22.8 Å². The highest BCUT2D eigenvalue weighted by atomic mass is 19.1. The smallest absolute Gasteiger partial charge is 0.352 e. The maximum absolute atomic E-state index is 14.0. The van der Waals surface area contributed by atoms with Gasteiger partial charge in [-0.2, -0.15) is 0 Å². The number of hydrogen-bond donors (Lipinski definition) is 1. The molecule has 1 heterocycles. The molecule has 0 saturated carbocycles. The number of aromatic nitrogens is 1. The van der Waals surface area contributed by atoms with Gasteiger partial charge in [0.15, 0.2) is 5.43 Å². The lowest BCUT2D eigenvalue weighted by molar-refractivity contribution is 0.0684. The Morgan fingerprint density at radius 2 is 1.90 bits per heavy atom. The summed E-state index contributed by atoms with van der Waals surface area (Å²) in [5.41, 5.74) is -1.53. The Hall–Kier alpha value is -2.28. The molecule has 1 aromatic carbocycles. The van der Waals surface area contributed by atoms with Gasteiger partial charge < -0.3 is 14.6 Å². The van der Waals surface area contributed by atoms with Crippen LogP contribution in [-0.2, 0) is 6.54 Å². The predicted octanol–water partition coefficient (Wildman–Crippen LogP) is 1.54. The van der Waals surface area contributed by atoms with Crippen LogP contribution in [0.5, 0.6) is 0 Å². The Kier molecular flexibility index (Phi) is 4.04. The van der Waals surface area contributed by atoms with Gasteiger partial charge in [-0.05, 0) is 26.2 Å². The number of fused-ring (bicyclic) bond motifs is 1. The molecule has 0 saturated heterocycles. The molecule has 0 atom stereocenters. The Morgan fingerprint density at radius 1 is 1.29 bits per heavy atom. The Labute approximate surface area is 119 Å². The first kappa shape index (κ1) is 15.1. The van der Waals surface area contributed by atoms with Gasteiger partial charge in [-0.15, -0.1) is 0 Å². The molecule has 0 aliphatic heterocycles. The molecular weight excluding hydrogens is 282 g/mol. The lowest BCUT2D eigenvalue weighted by atomic mass is 10.1. The molecule has 0 fully saturated rings. The largest absolute Gasteiger partial charge is 0.477 e. The van der Waals surface area contributed by atoms with Gasteiger partial charge in [0.05, 0.1) is 10.9 Å². The summed E-state index contributed by atoms with van der Waals surface area (Å²) in [5, 5.41) is 8.75. The fourth-order valence-corrected chi connectivity index (χ4v) is 2.14. The van der Waals surface area contributed by atoms with Crippen molar-refractivity contribution in [1.29, 1.82) is 0 Å². The standard InChI is InChI=1S/C14H14F2N2O3/c1-17(2)5-6-18-10(14(20)21)7-11(19)12-8(15)3-4-9(16)13(12)18/h3-4,7H,5-6H2,1-2H3,(H,20,21). The lowest BCUT2D eigenvalue weighted by Gasteiger charge is -2.17. The van der Waals surface area contributed by atoms with E-state index in [2.05, 4.69) is 0 Å². The van der Waals surface area contributed by atoms with E-state index in [9.17, 15) is 23.5 Å². The molecule has 2 aromatic rings. The zero-order chi connectivity index (χ0) is 15.7. The minimum absolute atomic E-state index is 0.117. The van der Waals surface area contributed by atoms with E-state index in [1.54, 1.807) is 19.0 Å². The van der Waals surface area contributed by atoms with Crippen LogP contribution in [0.25, 0.3) is 10.9 Å². The number of halogens is 2. The summed E-state index contributed by atoms with van der Waals surface area (Å²) in [6.07, 6.45) is 0. The van der Waals surface area contributed by atoms with E-state index in [1.165, 1.54) is 0 Å². The van der Waals surface area contributed by atoms with Crippen LogP contribution in [-0.4, -0.2) is 41.2 Å². The topological polar surface area (TPSA) is 62.5 Å². The van der Waals surface area contributed by atoms with Gasteiger partial charge in [0.25, 0.3) is 0 Å². The maximum Gasteiger partial charge on any atom is 0.352 e. The third kappa shape index (κ3) is 2.78. The van der Waals surface area contributed by atoms with Crippen LogP contribution < -0.4 is 5.43 Å². The highest BCUT2D eigenvalue weighted by Gasteiger charge is 2.19. The first-order chi connectivity index (χ1) is 9.82. The van der Waals surface area contributed by atoms with E-state index in [0.29, 0.717) is 6.54 Å². The SMILES string of the molecule is CN(C)CCn1c(C(=O)O)cc(=O)c2c(F)ccc(F)c21. The van der Waals surface area contributed by atoms with Crippen molar-refractivity contribution in [3.05, 3.63) is 45.8 Å². The van der Waals surface area contributed by atoms with Crippen molar-refractivity contribution in [1.82, 2.24) is 9.47 Å². The molecule has 7 heteroatoms. The van der Waals surface area contributed by atoms with Crippen LogP contribution in [0.2, 0.25) is 0 Å². The molecule has 1 N–H and O–H groups in total. The third-order valence-electron chi connectivity index (χ3n) is 3.14. The van der Waals surface area contributed by atoms with E-state index < -0.39 is 28.4 Å². The fraction of sp³-hybridized carbons (Fsp3) is 0.286. The van der Waals surface area contributed by atoms with Gasteiger partial charge in [-0.3, -0.25) is 4.79 Å². The summed E-state index contributed by atoms with van der Waals surface area (Å²) >= 11 is 0. The summed E-state index contributed by atoms with van der Waals surface area (Å²) < 4.78 is 29.0. The summed E-state index contributed by atoms with van der Waals surface area (Å²) in [7, 11) is 3.53. The second kappa shape index (κ2) is 5.61. The summed E-state index contributed by atoms with van der Waals surface area (Å²) in [5.74, 6) is -3.06. The molecule has 5 nitrogen and oxygen atoms in total. The van der Waals surface area contributed by atoms with E-state index >= 15 is 0 Å². The number of pyridine rings is 1. The Morgan fingerprint density at radius 3 is 2.48 bits per heavy atom. The maximum atomic E-state index is 14.0.